The summed E-state index contributed by atoms with van der Waals surface area (Å²) < 4.78 is 1.06. The maximum Gasteiger partial charge on any atom is 0.329 e. The third-order valence-electron chi connectivity index (χ3n) is 1.31. The summed E-state index contributed by atoms with van der Waals surface area (Å²) in [5.41, 5.74) is 4.06. The van der Waals surface area contributed by atoms with Gasteiger partial charge in [-0.25, -0.2) is 4.79 Å². The van der Waals surface area contributed by atoms with E-state index in [1.54, 1.807) is 0 Å². The van der Waals surface area contributed by atoms with Gasteiger partial charge in [-0.2, -0.15) is 0 Å². The van der Waals surface area contributed by atoms with E-state index in [0.29, 0.717) is 0 Å². The quantitative estimate of drug-likeness (QED) is 0.548. The number of hydrogen-bond acceptors (Lipinski definition) is 3. The molecular weight excluding hydrogens is 170 g/mol. The Hall–Kier alpha value is -1.23. The van der Waals surface area contributed by atoms with E-state index in [1.807, 2.05) is 4.98 Å². The first-order chi connectivity index (χ1) is 5.04. The number of halogens is 1. The Morgan fingerprint density at radius 1 is 1.55 bits per heavy atom. The minimum Gasteiger partial charge on any atom is -0.384 e. The monoisotopic (exact) mass is 175 g/mol. The second kappa shape index (κ2) is 2.43. The van der Waals surface area contributed by atoms with Gasteiger partial charge in [0.15, 0.2) is 0 Å². The summed E-state index contributed by atoms with van der Waals surface area (Å²) in [5, 5.41) is -0.160. The van der Waals surface area contributed by atoms with Crippen molar-refractivity contribution in [1.82, 2.24) is 9.55 Å². The zero-order valence-corrected chi connectivity index (χ0v) is 6.47. The molecule has 0 aromatic carbocycles. The molecule has 1 heterocycles. The van der Waals surface area contributed by atoms with E-state index in [1.165, 1.54) is 7.05 Å². The number of H-pyrrole nitrogens is 1. The normalized spacial score (nSPS) is 10.0. The average Bonchev–Trinajstić information content (AvgIpc) is 1.97. The van der Waals surface area contributed by atoms with Crippen LogP contribution in [0.3, 0.4) is 0 Å². The van der Waals surface area contributed by atoms with Crippen molar-refractivity contribution >= 4 is 17.4 Å². The highest BCUT2D eigenvalue weighted by atomic mass is 35.5. The van der Waals surface area contributed by atoms with Gasteiger partial charge < -0.3 is 5.73 Å². The van der Waals surface area contributed by atoms with Gasteiger partial charge in [0.25, 0.3) is 5.56 Å². The second-order valence-corrected chi connectivity index (χ2v) is 2.40. The number of rotatable bonds is 0. The van der Waals surface area contributed by atoms with Crippen LogP contribution in [-0.2, 0) is 7.05 Å². The Labute approximate surface area is 66.4 Å². The first kappa shape index (κ1) is 7.87. The third-order valence-corrected chi connectivity index (χ3v) is 1.68. The summed E-state index contributed by atoms with van der Waals surface area (Å²) in [6.45, 7) is 0. The van der Waals surface area contributed by atoms with Crippen molar-refractivity contribution in [3.8, 4) is 0 Å². The molecule has 0 radical (unpaired) electrons. The lowest BCUT2D eigenvalue weighted by Gasteiger charge is -2.01. The molecule has 3 N–H and O–H groups in total. The molecule has 1 aromatic heterocycles. The van der Waals surface area contributed by atoms with Crippen LogP contribution in [0, 0.1) is 0 Å². The van der Waals surface area contributed by atoms with Gasteiger partial charge >= 0.3 is 5.69 Å². The van der Waals surface area contributed by atoms with Crippen molar-refractivity contribution in [1.29, 1.82) is 0 Å². The number of anilines is 1. The van der Waals surface area contributed by atoms with Gasteiger partial charge in [0.1, 0.15) is 10.8 Å². The Kier molecular flexibility index (Phi) is 1.74. The number of aromatic nitrogens is 2. The maximum atomic E-state index is 10.8. The lowest BCUT2D eigenvalue weighted by molar-refractivity contribution is 0.813. The fraction of sp³-hybridized carbons (Fsp3) is 0.200. The van der Waals surface area contributed by atoms with Gasteiger partial charge in [0.05, 0.1) is 0 Å². The molecular formula is C5H6ClN3O2. The summed E-state index contributed by atoms with van der Waals surface area (Å²) in [6.07, 6.45) is 0. The number of nitrogens with two attached hydrogens (primary N) is 1. The molecule has 60 valence electrons. The van der Waals surface area contributed by atoms with E-state index < -0.39 is 11.2 Å². The molecule has 11 heavy (non-hydrogen) atoms. The standard InChI is InChI=1S/C5H6ClN3O2/c1-9-3(7)2(6)4(10)8-5(9)11/h7H2,1H3,(H,8,10,11). The van der Waals surface area contributed by atoms with E-state index in [0.717, 1.165) is 4.57 Å². The van der Waals surface area contributed by atoms with Gasteiger partial charge in [-0.15, -0.1) is 0 Å². The zero-order chi connectivity index (χ0) is 8.59. The van der Waals surface area contributed by atoms with Crippen molar-refractivity contribution in [2.75, 3.05) is 5.73 Å². The first-order valence-corrected chi connectivity index (χ1v) is 3.16. The molecule has 0 bridgehead atoms. The van der Waals surface area contributed by atoms with Gasteiger partial charge in [-0.3, -0.25) is 14.3 Å². The molecule has 0 amide bonds. The molecule has 0 spiro atoms. The lowest BCUT2D eigenvalue weighted by atomic mass is 10.6. The van der Waals surface area contributed by atoms with Crippen LogP contribution in [0.2, 0.25) is 5.02 Å². The Morgan fingerprint density at radius 2 is 2.09 bits per heavy atom. The molecule has 0 saturated heterocycles. The molecule has 0 aliphatic heterocycles. The average molecular weight is 176 g/mol. The van der Waals surface area contributed by atoms with Crippen molar-refractivity contribution in [3.05, 3.63) is 25.9 Å². The zero-order valence-electron chi connectivity index (χ0n) is 5.72. The molecule has 6 heteroatoms. The van der Waals surface area contributed by atoms with E-state index in [4.69, 9.17) is 17.3 Å². The number of nitrogens with one attached hydrogen (secondary N) is 1. The smallest absolute Gasteiger partial charge is 0.329 e. The number of aromatic amines is 1. The first-order valence-electron chi connectivity index (χ1n) is 2.78. The molecule has 0 aliphatic rings. The van der Waals surface area contributed by atoms with E-state index in [2.05, 4.69) is 0 Å². The van der Waals surface area contributed by atoms with Crippen LogP contribution in [0.1, 0.15) is 0 Å². The largest absolute Gasteiger partial charge is 0.384 e. The van der Waals surface area contributed by atoms with Crippen molar-refractivity contribution in [3.63, 3.8) is 0 Å². The topological polar surface area (TPSA) is 80.9 Å². The Bertz CT molecular complexity index is 357. The fourth-order valence-corrected chi connectivity index (χ4v) is 0.783. The van der Waals surface area contributed by atoms with Crippen LogP contribution >= 0.6 is 11.6 Å². The predicted octanol–water partition coefficient (Wildman–Crippen LogP) is -0.691. The van der Waals surface area contributed by atoms with Crippen LogP contribution in [0.15, 0.2) is 9.59 Å². The van der Waals surface area contributed by atoms with E-state index >= 15 is 0 Å². The van der Waals surface area contributed by atoms with Crippen LogP contribution in [0.5, 0.6) is 0 Å². The summed E-state index contributed by atoms with van der Waals surface area (Å²) in [5.74, 6) is -0.0274. The fourth-order valence-electron chi connectivity index (χ4n) is 0.609. The summed E-state index contributed by atoms with van der Waals surface area (Å²) >= 11 is 5.43. The molecule has 1 rings (SSSR count). The van der Waals surface area contributed by atoms with Gasteiger partial charge in [-0.1, -0.05) is 11.6 Å². The minimum absolute atomic E-state index is 0.0274. The van der Waals surface area contributed by atoms with Gasteiger partial charge in [0.2, 0.25) is 0 Å². The van der Waals surface area contributed by atoms with Crippen molar-refractivity contribution in [2.24, 2.45) is 7.05 Å². The SMILES string of the molecule is Cn1c(N)c(Cl)c(=O)[nH]c1=O. The van der Waals surface area contributed by atoms with Crippen LogP contribution in [-0.4, -0.2) is 9.55 Å². The van der Waals surface area contributed by atoms with E-state index in [9.17, 15) is 9.59 Å². The predicted molar refractivity (Wildman–Crippen MR) is 41.7 cm³/mol. The van der Waals surface area contributed by atoms with Gasteiger partial charge in [-0.05, 0) is 0 Å². The minimum atomic E-state index is -0.660. The summed E-state index contributed by atoms with van der Waals surface area (Å²) in [6, 6.07) is 0. The van der Waals surface area contributed by atoms with Crippen LogP contribution in [0.25, 0.3) is 0 Å². The highest BCUT2D eigenvalue weighted by Gasteiger charge is 2.05. The number of nitrogens with zero attached hydrogens (tertiary/aromatic N) is 1. The molecule has 0 fully saturated rings. The molecule has 0 saturated carbocycles. The second-order valence-electron chi connectivity index (χ2n) is 2.02. The van der Waals surface area contributed by atoms with Crippen molar-refractivity contribution in [2.45, 2.75) is 0 Å². The van der Waals surface area contributed by atoms with Gasteiger partial charge in [0, 0.05) is 7.05 Å². The highest BCUT2D eigenvalue weighted by molar-refractivity contribution is 6.32. The Morgan fingerprint density at radius 3 is 2.64 bits per heavy atom. The summed E-state index contributed by atoms with van der Waals surface area (Å²) in [7, 11) is 1.42. The van der Waals surface area contributed by atoms with E-state index in [-0.39, 0.29) is 10.8 Å². The molecule has 0 unspecified atom stereocenters. The molecule has 0 aliphatic carbocycles. The van der Waals surface area contributed by atoms with Crippen molar-refractivity contribution < 1.29 is 0 Å². The lowest BCUT2D eigenvalue weighted by Crippen LogP contribution is -2.30. The highest BCUT2D eigenvalue weighted by Crippen LogP contribution is 2.07. The van der Waals surface area contributed by atoms with Crippen LogP contribution in [0.4, 0.5) is 5.82 Å². The Balaban J connectivity index is 3.73. The number of hydrogen-bond donors (Lipinski definition) is 2. The van der Waals surface area contributed by atoms with Crippen LogP contribution < -0.4 is 17.0 Å². The molecule has 1 aromatic rings. The third kappa shape index (κ3) is 1.14. The number of nitrogen functional groups attached to an aromatic ring is 1. The molecule has 0 atom stereocenters. The summed E-state index contributed by atoms with van der Waals surface area (Å²) in [4.78, 5) is 23.5. The maximum absolute atomic E-state index is 10.8. The molecule has 5 nitrogen and oxygen atoms in total.